The summed E-state index contributed by atoms with van der Waals surface area (Å²) in [6, 6.07) is 9.15. The Bertz CT molecular complexity index is 502. The topological polar surface area (TPSA) is 61.4 Å². The molecule has 0 aliphatic carbocycles. The SMILES string of the molecule is CNCC1CCCN(C(=O)CCCNC(=O)c2ccccc2)C1. The number of nitrogens with one attached hydrogen (secondary N) is 2. The molecular formula is C18H27N3O2. The lowest BCUT2D eigenvalue weighted by Gasteiger charge is -2.32. The molecule has 1 aromatic carbocycles. The monoisotopic (exact) mass is 317 g/mol. The Hall–Kier alpha value is -1.88. The number of carbonyl (C=O) groups excluding carboxylic acids is 2. The number of likely N-dealkylation sites (tertiary alicyclic amines) is 1. The first kappa shape index (κ1) is 17.5. The first-order valence-electron chi connectivity index (χ1n) is 8.46. The van der Waals surface area contributed by atoms with E-state index < -0.39 is 0 Å². The number of rotatable bonds is 7. The van der Waals surface area contributed by atoms with Crippen molar-refractivity contribution in [2.24, 2.45) is 5.92 Å². The average Bonchev–Trinajstić information content (AvgIpc) is 2.59. The minimum absolute atomic E-state index is 0.0786. The van der Waals surface area contributed by atoms with E-state index in [1.165, 1.54) is 6.42 Å². The Morgan fingerprint density at radius 1 is 1.26 bits per heavy atom. The molecule has 5 nitrogen and oxygen atoms in total. The van der Waals surface area contributed by atoms with E-state index >= 15 is 0 Å². The van der Waals surface area contributed by atoms with Crippen molar-refractivity contribution in [1.29, 1.82) is 0 Å². The number of carbonyl (C=O) groups is 2. The molecule has 1 heterocycles. The Balaban J connectivity index is 1.65. The van der Waals surface area contributed by atoms with Crippen LogP contribution < -0.4 is 10.6 Å². The standard InChI is InChI=1S/C18H27N3O2/c1-19-13-15-7-6-12-21(14-15)17(22)10-5-11-20-18(23)16-8-3-2-4-9-16/h2-4,8-9,15,19H,5-7,10-14H2,1H3,(H,20,23). The van der Waals surface area contributed by atoms with E-state index in [0.717, 1.165) is 26.1 Å². The third-order valence-electron chi connectivity index (χ3n) is 4.25. The van der Waals surface area contributed by atoms with E-state index in [1.807, 2.05) is 30.1 Å². The number of piperidine rings is 1. The molecule has 2 amide bonds. The first-order valence-corrected chi connectivity index (χ1v) is 8.46. The molecule has 2 N–H and O–H groups in total. The second-order valence-electron chi connectivity index (χ2n) is 6.13. The predicted octanol–water partition coefficient (Wildman–Crippen LogP) is 1.65. The zero-order valence-corrected chi connectivity index (χ0v) is 13.9. The van der Waals surface area contributed by atoms with Gasteiger partial charge in [0.2, 0.25) is 5.91 Å². The molecule has 0 saturated carbocycles. The zero-order chi connectivity index (χ0) is 16.5. The molecule has 1 atom stereocenters. The third-order valence-corrected chi connectivity index (χ3v) is 4.25. The lowest BCUT2D eigenvalue weighted by Crippen LogP contribution is -2.42. The Labute approximate surface area is 138 Å². The van der Waals surface area contributed by atoms with Crippen LogP contribution in [0.4, 0.5) is 0 Å². The average molecular weight is 317 g/mol. The van der Waals surface area contributed by atoms with Gasteiger partial charge in [-0.1, -0.05) is 18.2 Å². The maximum atomic E-state index is 12.3. The molecule has 1 unspecified atom stereocenters. The summed E-state index contributed by atoms with van der Waals surface area (Å²) in [5.41, 5.74) is 0.657. The highest BCUT2D eigenvalue weighted by atomic mass is 16.2. The molecule has 2 rings (SSSR count). The van der Waals surface area contributed by atoms with Gasteiger partial charge in [-0.3, -0.25) is 9.59 Å². The second-order valence-corrected chi connectivity index (χ2v) is 6.13. The van der Waals surface area contributed by atoms with Gasteiger partial charge in [-0.05, 0) is 50.9 Å². The largest absolute Gasteiger partial charge is 0.352 e. The van der Waals surface area contributed by atoms with Crippen LogP contribution in [0.1, 0.15) is 36.0 Å². The van der Waals surface area contributed by atoms with Gasteiger partial charge in [-0.2, -0.15) is 0 Å². The third kappa shape index (κ3) is 5.67. The predicted molar refractivity (Wildman–Crippen MR) is 91.2 cm³/mol. The van der Waals surface area contributed by atoms with Gasteiger partial charge in [0.15, 0.2) is 0 Å². The molecule has 126 valence electrons. The highest BCUT2D eigenvalue weighted by molar-refractivity contribution is 5.94. The highest BCUT2D eigenvalue weighted by Gasteiger charge is 2.22. The summed E-state index contributed by atoms with van der Waals surface area (Å²) in [6.07, 6.45) is 3.46. The summed E-state index contributed by atoms with van der Waals surface area (Å²) in [6.45, 7) is 3.23. The molecule has 23 heavy (non-hydrogen) atoms. The van der Waals surface area contributed by atoms with Gasteiger partial charge in [0, 0.05) is 31.6 Å². The van der Waals surface area contributed by atoms with Gasteiger partial charge >= 0.3 is 0 Å². The maximum Gasteiger partial charge on any atom is 0.251 e. The van der Waals surface area contributed by atoms with Crippen LogP contribution in [-0.2, 0) is 4.79 Å². The smallest absolute Gasteiger partial charge is 0.251 e. The molecule has 0 spiro atoms. The summed E-state index contributed by atoms with van der Waals surface area (Å²) in [4.78, 5) is 26.1. The minimum Gasteiger partial charge on any atom is -0.352 e. The van der Waals surface area contributed by atoms with Crippen LogP contribution in [0.5, 0.6) is 0 Å². The second kappa shape index (κ2) is 9.30. The van der Waals surface area contributed by atoms with Crippen molar-refractivity contribution >= 4 is 11.8 Å². The number of hydrogen-bond donors (Lipinski definition) is 2. The number of hydrogen-bond acceptors (Lipinski definition) is 3. The zero-order valence-electron chi connectivity index (χ0n) is 13.9. The van der Waals surface area contributed by atoms with Gasteiger partial charge in [-0.25, -0.2) is 0 Å². The summed E-state index contributed by atoms with van der Waals surface area (Å²) in [5.74, 6) is 0.695. The van der Waals surface area contributed by atoms with Crippen LogP contribution in [0.15, 0.2) is 30.3 Å². The molecular weight excluding hydrogens is 290 g/mol. The fraction of sp³-hybridized carbons (Fsp3) is 0.556. The minimum atomic E-state index is -0.0786. The van der Waals surface area contributed by atoms with E-state index in [2.05, 4.69) is 10.6 Å². The Morgan fingerprint density at radius 2 is 2.04 bits per heavy atom. The quantitative estimate of drug-likeness (QED) is 0.752. The van der Waals surface area contributed by atoms with Gasteiger partial charge in [0.05, 0.1) is 0 Å². The number of nitrogens with zero attached hydrogens (tertiary/aromatic N) is 1. The van der Waals surface area contributed by atoms with Gasteiger partial charge in [0.25, 0.3) is 5.91 Å². The van der Waals surface area contributed by atoms with Crippen LogP contribution in [0, 0.1) is 5.92 Å². The van der Waals surface area contributed by atoms with E-state index in [9.17, 15) is 9.59 Å². The summed E-state index contributed by atoms with van der Waals surface area (Å²) < 4.78 is 0. The highest BCUT2D eigenvalue weighted by Crippen LogP contribution is 2.16. The van der Waals surface area contributed by atoms with E-state index in [0.29, 0.717) is 30.9 Å². The lowest BCUT2D eigenvalue weighted by atomic mass is 9.97. The molecule has 1 aliphatic rings. The van der Waals surface area contributed by atoms with E-state index in [1.54, 1.807) is 12.1 Å². The van der Waals surface area contributed by atoms with Crippen LogP contribution in [-0.4, -0.2) is 49.9 Å². The van der Waals surface area contributed by atoms with Crippen LogP contribution in [0.3, 0.4) is 0 Å². The van der Waals surface area contributed by atoms with Crippen molar-refractivity contribution in [2.75, 3.05) is 33.2 Å². The number of amides is 2. The van der Waals surface area contributed by atoms with Crippen molar-refractivity contribution in [3.63, 3.8) is 0 Å². The summed E-state index contributed by atoms with van der Waals surface area (Å²) in [7, 11) is 1.95. The van der Waals surface area contributed by atoms with E-state index in [-0.39, 0.29) is 11.8 Å². The van der Waals surface area contributed by atoms with Crippen molar-refractivity contribution in [3.05, 3.63) is 35.9 Å². The number of benzene rings is 1. The van der Waals surface area contributed by atoms with Crippen molar-refractivity contribution < 1.29 is 9.59 Å². The van der Waals surface area contributed by atoms with E-state index in [4.69, 9.17) is 0 Å². The summed E-state index contributed by atoms with van der Waals surface area (Å²) in [5, 5.41) is 6.06. The molecule has 5 heteroatoms. The van der Waals surface area contributed by atoms with Crippen LogP contribution in [0.2, 0.25) is 0 Å². The van der Waals surface area contributed by atoms with Gasteiger partial charge in [-0.15, -0.1) is 0 Å². The molecule has 0 aromatic heterocycles. The molecule has 1 fully saturated rings. The molecule has 1 aromatic rings. The fourth-order valence-corrected chi connectivity index (χ4v) is 3.04. The molecule has 1 saturated heterocycles. The Morgan fingerprint density at radius 3 is 2.78 bits per heavy atom. The van der Waals surface area contributed by atoms with Crippen LogP contribution >= 0.6 is 0 Å². The Kier molecular flexibility index (Phi) is 7.07. The maximum absolute atomic E-state index is 12.3. The molecule has 1 aliphatic heterocycles. The van der Waals surface area contributed by atoms with Crippen molar-refractivity contribution in [2.45, 2.75) is 25.7 Å². The molecule has 0 radical (unpaired) electrons. The van der Waals surface area contributed by atoms with Gasteiger partial charge in [0.1, 0.15) is 0 Å². The van der Waals surface area contributed by atoms with Crippen molar-refractivity contribution in [1.82, 2.24) is 15.5 Å². The fourth-order valence-electron chi connectivity index (χ4n) is 3.04. The lowest BCUT2D eigenvalue weighted by molar-refractivity contribution is -0.133. The van der Waals surface area contributed by atoms with Crippen molar-refractivity contribution in [3.8, 4) is 0 Å². The van der Waals surface area contributed by atoms with Crippen LogP contribution in [0.25, 0.3) is 0 Å². The molecule has 0 bridgehead atoms. The summed E-state index contributed by atoms with van der Waals surface area (Å²) >= 11 is 0. The van der Waals surface area contributed by atoms with Gasteiger partial charge < -0.3 is 15.5 Å². The first-order chi connectivity index (χ1) is 11.2. The normalized spacial score (nSPS) is 17.8.